The molecule has 0 radical (unpaired) electrons. The Balaban J connectivity index is 1.86. The fourth-order valence-electron chi connectivity index (χ4n) is 3.44. The topological polar surface area (TPSA) is 45.8 Å². The number of nitrogens with zero attached hydrogens (tertiary/aromatic N) is 1. The Kier molecular flexibility index (Phi) is 2.94. The van der Waals surface area contributed by atoms with Crippen molar-refractivity contribution in [1.82, 2.24) is 9.97 Å². The van der Waals surface area contributed by atoms with Crippen LogP contribution in [0.1, 0.15) is 5.69 Å². The predicted molar refractivity (Wildman–Crippen MR) is 103 cm³/mol. The van der Waals surface area contributed by atoms with Crippen LogP contribution in [0.4, 0.5) is 0 Å². The zero-order valence-electron chi connectivity index (χ0n) is 13.4. The van der Waals surface area contributed by atoms with Gasteiger partial charge in [0.25, 0.3) is 5.56 Å². The lowest BCUT2D eigenvalue weighted by Gasteiger charge is -2.05. The number of hydrogen-bond donors (Lipinski definition) is 1. The molecule has 2 aromatic heterocycles. The average molecular weight is 322 g/mol. The number of hydrogen-bond acceptors (Lipinski definition) is 2. The van der Waals surface area contributed by atoms with Gasteiger partial charge in [0.05, 0.1) is 16.6 Å². The standard InChI is InChI=1S/C22H14N2O/c25-22-18-9-4-7-15-6-3-8-17(21(15)18)20(24-22)13-16-12-11-14-5-1-2-10-19(14)23-16/h1-13H,(H,24,25). The van der Waals surface area contributed by atoms with Crippen molar-refractivity contribution in [2.45, 2.75) is 0 Å². The monoisotopic (exact) mass is 322 g/mol. The van der Waals surface area contributed by atoms with Gasteiger partial charge < -0.3 is 4.98 Å². The van der Waals surface area contributed by atoms with E-state index >= 15 is 0 Å². The van der Waals surface area contributed by atoms with E-state index in [0.29, 0.717) is 0 Å². The maximum atomic E-state index is 12.5. The summed E-state index contributed by atoms with van der Waals surface area (Å²) in [5, 5.41) is 5.71. The van der Waals surface area contributed by atoms with Crippen LogP contribution in [-0.4, -0.2) is 9.97 Å². The largest absolute Gasteiger partial charge is 0.321 e. The average Bonchev–Trinajstić information content (AvgIpc) is 2.65. The minimum absolute atomic E-state index is 0.0728. The first-order valence-corrected chi connectivity index (χ1v) is 8.20. The third-order valence-electron chi connectivity index (χ3n) is 4.60. The Morgan fingerprint density at radius 1 is 0.760 bits per heavy atom. The molecule has 1 N–H and O–H groups in total. The highest BCUT2D eigenvalue weighted by molar-refractivity contribution is 6.09. The Morgan fingerprint density at radius 3 is 2.40 bits per heavy atom. The summed E-state index contributed by atoms with van der Waals surface area (Å²) in [5.74, 6) is 0. The van der Waals surface area contributed by atoms with E-state index in [1.807, 2.05) is 78.9 Å². The second-order valence-corrected chi connectivity index (χ2v) is 6.15. The Morgan fingerprint density at radius 2 is 1.52 bits per heavy atom. The summed E-state index contributed by atoms with van der Waals surface area (Å²) in [5.41, 5.74) is 1.69. The number of fused-ring (bicyclic) bond motifs is 1. The summed E-state index contributed by atoms with van der Waals surface area (Å²) in [4.78, 5) is 20.2. The van der Waals surface area contributed by atoms with E-state index in [1.54, 1.807) is 0 Å². The van der Waals surface area contributed by atoms with Crippen LogP contribution in [0.2, 0.25) is 0 Å². The number of aromatic amines is 1. The van der Waals surface area contributed by atoms with Crippen LogP contribution in [0, 0.1) is 0 Å². The molecule has 0 spiro atoms. The molecule has 118 valence electrons. The highest BCUT2D eigenvalue weighted by atomic mass is 16.1. The quantitative estimate of drug-likeness (QED) is 0.510. The van der Waals surface area contributed by atoms with Gasteiger partial charge in [-0.05, 0) is 29.7 Å². The van der Waals surface area contributed by atoms with Gasteiger partial charge in [-0.2, -0.15) is 0 Å². The highest BCUT2D eigenvalue weighted by Crippen LogP contribution is 2.21. The van der Waals surface area contributed by atoms with Gasteiger partial charge in [-0.3, -0.25) is 4.79 Å². The van der Waals surface area contributed by atoms with Gasteiger partial charge in [-0.1, -0.05) is 54.6 Å². The first-order chi connectivity index (χ1) is 12.3. The molecule has 0 aliphatic rings. The smallest absolute Gasteiger partial charge is 0.256 e. The maximum absolute atomic E-state index is 12.5. The van der Waals surface area contributed by atoms with Gasteiger partial charge in [0.2, 0.25) is 0 Å². The lowest BCUT2D eigenvalue weighted by atomic mass is 10.0. The van der Waals surface area contributed by atoms with E-state index in [2.05, 4.69) is 9.97 Å². The Labute approximate surface area is 143 Å². The van der Waals surface area contributed by atoms with E-state index in [9.17, 15) is 4.79 Å². The molecule has 3 nitrogen and oxygen atoms in total. The predicted octanol–water partition coefficient (Wildman–Crippen LogP) is 3.78. The number of para-hydroxylation sites is 1. The molecule has 5 rings (SSSR count). The van der Waals surface area contributed by atoms with Gasteiger partial charge >= 0.3 is 0 Å². The summed E-state index contributed by atoms with van der Waals surface area (Å²) in [6, 6.07) is 23.9. The molecule has 3 aromatic carbocycles. The fraction of sp³-hybridized carbons (Fsp3) is 0. The minimum atomic E-state index is -0.0728. The summed E-state index contributed by atoms with van der Waals surface area (Å²) >= 11 is 0. The van der Waals surface area contributed by atoms with Crippen molar-refractivity contribution in [1.29, 1.82) is 0 Å². The molecule has 0 unspecified atom stereocenters. The van der Waals surface area contributed by atoms with Gasteiger partial charge in [0.15, 0.2) is 0 Å². The number of rotatable bonds is 1. The van der Waals surface area contributed by atoms with Gasteiger partial charge in [-0.15, -0.1) is 0 Å². The van der Waals surface area contributed by atoms with Crippen molar-refractivity contribution in [3.05, 3.63) is 94.2 Å². The Hall–Kier alpha value is -3.46. The van der Waals surface area contributed by atoms with Crippen LogP contribution < -0.4 is 10.9 Å². The first-order valence-electron chi connectivity index (χ1n) is 8.20. The first kappa shape index (κ1) is 13.9. The van der Waals surface area contributed by atoms with Crippen molar-refractivity contribution in [2.24, 2.45) is 0 Å². The van der Waals surface area contributed by atoms with Gasteiger partial charge in [0, 0.05) is 21.5 Å². The minimum Gasteiger partial charge on any atom is -0.321 e. The molecule has 0 fully saturated rings. The summed E-state index contributed by atoms with van der Waals surface area (Å²) < 4.78 is 0. The number of pyridine rings is 2. The zero-order valence-corrected chi connectivity index (χ0v) is 13.4. The van der Waals surface area contributed by atoms with Crippen molar-refractivity contribution >= 4 is 38.5 Å². The lowest BCUT2D eigenvalue weighted by Crippen LogP contribution is -2.21. The molecule has 5 aromatic rings. The van der Waals surface area contributed by atoms with Crippen molar-refractivity contribution in [3.63, 3.8) is 0 Å². The van der Waals surface area contributed by atoms with Crippen LogP contribution >= 0.6 is 0 Å². The van der Waals surface area contributed by atoms with Crippen LogP contribution in [0.5, 0.6) is 0 Å². The van der Waals surface area contributed by atoms with Crippen molar-refractivity contribution in [3.8, 4) is 0 Å². The van der Waals surface area contributed by atoms with Crippen LogP contribution in [0.3, 0.4) is 0 Å². The molecule has 0 atom stereocenters. The van der Waals surface area contributed by atoms with E-state index in [1.165, 1.54) is 0 Å². The van der Waals surface area contributed by atoms with Crippen LogP contribution in [0.15, 0.2) is 77.6 Å². The van der Waals surface area contributed by atoms with E-state index < -0.39 is 0 Å². The highest BCUT2D eigenvalue weighted by Gasteiger charge is 2.06. The Bertz CT molecular complexity index is 1360. The summed E-state index contributed by atoms with van der Waals surface area (Å²) in [7, 11) is 0. The molecule has 3 heteroatoms. The number of nitrogens with one attached hydrogen (secondary N) is 1. The molecule has 0 amide bonds. The van der Waals surface area contributed by atoms with Crippen molar-refractivity contribution in [2.75, 3.05) is 0 Å². The second-order valence-electron chi connectivity index (χ2n) is 6.15. The molecule has 0 aliphatic heterocycles. The molecule has 0 saturated carbocycles. The third-order valence-corrected chi connectivity index (χ3v) is 4.60. The molecular formula is C22H14N2O. The molecule has 0 bridgehead atoms. The normalized spacial score (nSPS) is 12.4. The SMILES string of the molecule is O=c1[nH]c(=Cc2ccc3ccccc3n2)c2cccc3cccc1c32. The molecule has 0 aliphatic carbocycles. The van der Waals surface area contributed by atoms with E-state index in [4.69, 9.17) is 0 Å². The summed E-state index contributed by atoms with van der Waals surface area (Å²) in [6.07, 6.45) is 1.94. The molecule has 0 saturated heterocycles. The maximum Gasteiger partial charge on any atom is 0.256 e. The molecule has 2 heterocycles. The summed E-state index contributed by atoms with van der Waals surface area (Å²) in [6.45, 7) is 0. The molecular weight excluding hydrogens is 308 g/mol. The van der Waals surface area contributed by atoms with Crippen LogP contribution in [0.25, 0.3) is 38.5 Å². The fourth-order valence-corrected chi connectivity index (χ4v) is 3.44. The molecule has 25 heavy (non-hydrogen) atoms. The third kappa shape index (κ3) is 2.21. The van der Waals surface area contributed by atoms with E-state index in [0.717, 1.165) is 43.5 Å². The van der Waals surface area contributed by atoms with E-state index in [-0.39, 0.29) is 5.56 Å². The number of H-pyrrole nitrogens is 1. The second kappa shape index (κ2) is 5.28. The zero-order chi connectivity index (χ0) is 16.8. The number of benzene rings is 3. The van der Waals surface area contributed by atoms with Crippen molar-refractivity contribution < 1.29 is 0 Å². The lowest BCUT2D eigenvalue weighted by molar-refractivity contribution is 1.22. The van der Waals surface area contributed by atoms with Crippen LogP contribution in [-0.2, 0) is 0 Å². The van der Waals surface area contributed by atoms with Gasteiger partial charge in [-0.25, -0.2) is 4.98 Å². The van der Waals surface area contributed by atoms with Gasteiger partial charge in [0.1, 0.15) is 0 Å². The number of aromatic nitrogens is 2.